The van der Waals surface area contributed by atoms with Gasteiger partial charge in [-0.25, -0.2) is 4.68 Å². The lowest BCUT2D eigenvalue weighted by Gasteiger charge is -2.00. The SMILES string of the molecule is COCCn1nnc2cc(O)ccc21. The lowest BCUT2D eigenvalue weighted by atomic mass is 10.3. The van der Waals surface area contributed by atoms with Crippen molar-refractivity contribution in [3.05, 3.63) is 18.2 Å². The third-order valence-corrected chi connectivity index (χ3v) is 2.00. The van der Waals surface area contributed by atoms with Crippen LogP contribution < -0.4 is 0 Å². The highest BCUT2D eigenvalue weighted by molar-refractivity contribution is 5.75. The summed E-state index contributed by atoms with van der Waals surface area (Å²) in [5, 5.41) is 17.1. The van der Waals surface area contributed by atoms with Crippen molar-refractivity contribution in [2.75, 3.05) is 13.7 Å². The minimum atomic E-state index is 0.205. The summed E-state index contributed by atoms with van der Waals surface area (Å²) in [5.41, 5.74) is 1.60. The Balaban J connectivity index is 2.37. The zero-order valence-electron chi connectivity index (χ0n) is 7.84. The maximum Gasteiger partial charge on any atom is 0.117 e. The van der Waals surface area contributed by atoms with Crippen molar-refractivity contribution in [2.24, 2.45) is 0 Å². The van der Waals surface area contributed by atoms with Gasteiger partial charge in [0.05, 0.1) is 18.7 Å². The molecule has 0 amide bonds. The lowest BCUT2D eigenvalue weighted by Crippen LogP contribution is -2.05. The average Bonchev–Trinajstić information content (AvgIpc) is 2.57. The minimum Gasteiger partial charge on any atom is -0.508 e. The lowest BCUT2D eigenvalue weighted by molar-refractivity contribution is 0.184. The fourth-order valence-corrected chi connectivity index (χ4v) is 1.30. The summed E-state index contributed by atoms with van der Waals surface area (Å²) in [6.07, 6.45) is 0. The van der Waals surface area contributed by atoms with E-state index in [1.54, 1.807) is 30.0 Å². The van der Waals surface area contributed by atoms with Gasteiger partial charge in [0.1, 0.15) is 11.3 Å². The average molecular weight is 193 g/mol. The number of rotatable bonds is 3. The molecule has 0 aliphatic heterocycles. The standard InChI is InChI=1S/C9H11N3O2/c1-14-5-4-12-9-3-2-7(13)6-8(9)10-11-12/h2-3,6,13H,4-5H2,1H3. The molecule has 2 aromatic rings. The molecule has 2 rings (SSSR count). The molecule has 0 saturated carbocycles. The first kappa shape index (κ1) is 8.96. The molecular weight excluding hydrogens is 182 g/mol. The molecule has 1 aromatic heterocycles. The Labute approximate surface area is 80.9 Å². The zero-order valence-corrected chi connectivity index (χ0v) is 7.84. The van der Waals surface area contributed by atoms with Crippen LogP contribution in [0.2, 0.25) is 0 Å². The van der Waals surface area contributed by atoms with Crippen LogP contribution in [0.15, 0.2) is 18.2 Å². The highest BCUT2D eigenvalue weighted by Gasteiger charge is 2.03. The number of phenols is 1. The summed E-state index contributed by atoms with van der Waals surface area (Å²) in [6.45, 7) is 1.26. The molecule has 5 heteroatoms. The molecule has 0 aliphatic carbocycles. The molecule has 1 aromatic carbocycles. The van der Waals surface area contributed by atoms with Crippen LogP contribution in [-0.2, 0) is 11.3 Å². The van der Waals surface area contributed by atoms with Crippen molar-refractivity contribution in [1.82, 2.24) is 15.0 Å². The van der Waals surface area contributed by atoms with Gasteiger partial charge < -0.3 is 9.84 Å². The summed E-state index contributed by atoms with van der Waals surface area (Å²) >= 11 is 0. The van der Waals surface area contributed by atoms with Gasteiger partial charge in [-0.3, -0.25) is 0 Å². The van der Waals surface area contributed by atoms with E-state index in [2.05, 4.69) is 10.3 Å². The molecule has 0 spiro atoms. The van der Waals surface area contributed by atoms with Crippen LogP contribution in [0.25, 0.3) is 11.0 Å². The molecule has 0 bridgehead atoms. The Hall–Kier alpha value is -1.62. The maximum atomic E-state index is 9.21. The van der Waals surface area contributed by atoms with E-state index >= 15 is 0 Å². The number of aromatic hydroxyl groups is 1. The zero-order chi connectivity index (χ0) is 9.97. The van der Waals surface area contributed by atoms with Crippen molar-refractivity contribution in [1.29, 1.82) is 0 Å². The first-order valence-electron chi connectivity index (χ1n) is 4.32. The van der Waals surface area contributed by atoms with Gasteiger partial charge in [0.15, 0.2) is 0 Å². The third-order valence-electron chi connectivity index (χ3n) is 2.00. The maximum absolute atomic E-state index is 9.21. The molecule has 1 heterocycles. The van der Waals surface area contributed by atoms with E-state index in [1.807, 2.05) is 0 Å². The van der Waals surface area contributed by atoms with Crippen molar-refractivity contribution < 1.29 is 9.84 Å². The number of hydrogen-bond donors (Lipinski definition) is 1. The first-order chi connectivity index (χ1) is 6.81. The second kappa shape index (κ2) is 3.63. The van der Waals surface area contributed by atoms with Gasteiger partial charge in [-0.2, -0.15) is 0 Å². The second-order valence-electron chi connectivity index (χ2n) is 2.98. The number of benzene rings is 1. The topological polar surface area (TPSA) is 60.2 Å². The predicted molar refractivity (Wildman–Crippen MR) is 51.1 cm³/mol. The summed E-state index contributed by atoms with van der Waals surface area (Å²) < 4.78 is 6.70. The number of aromatic nitrogens is 3. The van der Waals surface area contributed by atoms with Crippen LogP contribution in [0, 0.1) is 0 Å². The third kappa shape index (κ3) is 1.54. The van der Waals surface area contributed by atoms with Gasteiger partial charge in [0, 0.05) is 13.2 Å². The number of hydrogen-bond acceptors (Lipinski definition) is 4. The Morgan fingerprint density at radius 2 is 2.36 bits per heavy atom. The molecule has 0 radical (unpaired) electrons. The van der Waals surface area contributed by atoms with Gasteiger partial charge >= 0.3 is 0 Å². The van der Waals surface area contributed by atoms with Crippen LogP contribution in [-0.4, -0.2) is 33.8 Å². The second-order valence-corrected chi connectivity index (χ2v) is 2.98. The fraction of sp³-hybridized carbons (Fsp3) is 0.333. The number of fused-ring (bicyclic) bond motifs is 1. The number of methoxy groups -OCH3 is 1. The molecule has 74 valence electrons. The summed E-state index contributed by atoms with van der Waals surface area (Å²) in [4.78, 5) is 0. The Morgan fingerprint density at radius 1 is 1.50 bits per heavy atom. The Bertz CT molecular complexity index is 439. The van der Waals surface area contributed by atoms with E-state index < -0.39 is 0 Å². The van der Waals surface area contributed by atoms with Crippen molar-refractivity contribution >= 4 is 11.0 Å². The van der Waals surface area contributed by atoms with E-state index in [4.69, 9.17) is 4.74 Å². The molecule has 0 saturated heterocycles. The largest absolute Gasteiger partial charge is 0.508 e. The number of ether oxygens (including phenoxy) is 1. The molecule has 14 heavy (non-hydrogen) atoms. The predicted octanol–water partition coefficient (Wildman–Crippen LogP) is 0.783. The molecular formula is C9H11N3O2. The molecule has 1 N–H and O–H groups in total. The van der Waals surface area contributed by atoms with Gasteiger partial charge in [-0.15, -0.1) is 5.10 Å². The van der Waals surface area contributed by atoms with Crippen molar-refractivity contribution in [3.8, 4) is 5.75 Å². The number of nitrogens with zero attached hydrogens (tertiary/aromatic N) is 3. The quantitative estimate of drug-likeness (QED) is 0.782. The van der Waals surface area contributed by atoms with E-state index in [9.17, 15) is 5.11 Å². The van der Waals surface area contributed by atoms with Gasteiger partial charge in [0.2, 0.25) is 0 Å². The van der Waals surface area contributed by atoms with E-state index in [0.717, 1.165) is 5.52 Å². The molecule has 0 unspecified atom stereocenters. The summed E-state index contributed by atoms with van der Waals surface area (Å²) in [6, 6.07) is 5.00. The molecule has 5 nitrogen and oxygen atoms in total. The van der Waals surface area contributed by atoms with Gasteiger partial charge in [-0.1, -0.05) is 5.21 Å². The monoisotopic (exact) mass is 193 g/mol. The van der Waals surface area contributed by atoms with E-state index in [-0.39, 0.29) is 5.75 Å². The van der Waals surface area contributed by atoms with Gasteiger partial charge in [0.25, 0.3) is 0 Å². The highest BCUT2D eigenvalue weighted by Crippen LogP contribution is 2.16. The van der Waals surface area contributed by atoms with E-state index in [0.29, 0.717) is 18.7 Å². The van der Waals surface area contributed by atoms with E-state index in [1.165, 1.54) is 0 Å². The highest BCUT2D eigenvalue weighted by atomic mass is 16.5. The van der Waals surface area contributed by atoms with Crippen molar-refractivity contribution in [3.63, 3.8) is 0 Å². The molecule has 0 aliphatic rings. The van der Waals surface area contributed by atoms with Crippen LogP contribution in [0.1, 0.15) is 0 Å². The smallest absolute Gasteiger partial charge is 0.117 e. The molecule has 0 fully saturated rings. The Morgan fingerprint density at radius 3 is 3.14 bits per heavy atom. The summed E-state index contributed by atoms with van der Waals surface area (Å²) in [5.74, 6) is 0.205. The van der Waals surface area contributed by atoms with Crippen LogP contribution in [0.3, 0.4) is 0 Å². The van der Waals surface area contributed by atoms with Gasteiger partial charge in [-0.05, 0) is 12.1 Å². The van der Waals surface area contributed by atoms with Crippen LogP contribution >= 0.6 is 0 Å². The van der Waals surface area contributed by atoms with Crippen molar-refractivity contribution in [2.45, 2.75) is 6.54 Å². The number of phenolic OH excluding ortho intramolecular Hbond substituents is 1. The summed E-state index contributed by atoms with van der Waals surface area (Å²) in [7, 11) is 1.64. The first-order valence-corrected chi connectivity index (χ1v) is 4.32. The molecule has 0 atom stereocenters. The minimum absolute atomic E-state index is 0.205. The Kier molecular flexibility index (Phi) is 2.32. The fourth-order valence-electron chi connectivity index (χ4n) is 1.30. The van der Waals surface area contributed by atoms with Crippen LogP contribution in [0.4, 0.5) is 0 Å². The van der Waals surface area contributed by atoms with Crippen LogP contribution in [0.5, 0.6) is 5.75 Å². The normalized spacial score (nSPS) is 10.9.